The molecule has 7 nitrogen and oxygen atoms in total. The van der Waals surface area contributed by atoms with Crippen LogP contribution < -0.4 is 10.2 Å². The number of carbonyl (C=O) groups excluding carboxylic acids is 1. The molecular weight excluding hydrogens is 407 g/mol. The molecule has 30 heavy (non-hydrogen) atoms. The SMILES string of the molecule is O=C(Nc1ccc(N2CCCC2)nc1)C1CCN(S(=O)(=O)c2ccccc2F)CC1. The third-order valence-corrected chi connectivity index (χ3v) is 7.66. The monoisotopic (exact) mass is 432 g/mol. The van der Waals surface area contributed by atoms with E-state index in [0.717, 1.165) is 25.0 Å². The van der Waals surface area contributed by atoms with Crippen LogP contribution in [0.25, 0.3) is 0 Å². The number of hydrogen-bond donors (Lipinski definition) is 1. The molecule has 1 N–H and O–H groups in total. The van der Waals surface area contributed by atoms with Gasteiger partial charge in [0.05, 0.1) is 11.9 Å². The molecule has 4 rings (SSSR count). The number of nitrogens with zero attached hydrogens (tertiary/aromatic N) is 3. The zero-order valence-electron chi connectivity index (χ0n) is 16.6. The van der Waals surface area contributed by atoms with Gasteiger partial charge in [-0.1, -0.05) is 12.1 Å². The zero-order chi connectivity index (χ0) is 21.1. The molecule has 1 aromatic carbocycles. The third kappa shape index (κ3) is 4.32. The van der Waals surface area contributed by atoms with Gasteiger partial charge in [-0.2, -0.15) is 4.31 Å². The van der Waals surface area contributed by atoms with E-state index >= 15 is 0 Å². The molecule has 2 aliphatic heterocycles. The summed E-state index contributed by atoms with van der Waals surface area (Å²) in [6.07, 6.45) is 4.78. The molecule has 3 heterocycles. The molecule has 0 unspecified atom stereocenters. The molecule has 1 amide bonds. The Balaban J connectivity index is 1.34. The van der Waals surface area contributed by atoms with E-state index in [-0.39, 0.29) is 29.8 Å². The van der Waals surface area contributed by atoms with Crippen LogP contribution in [0.2, 0.25) is 0 Å². The van der Waals surface area contributed by atoms with Crippen molar-refractivity contribution < 1.29 is 17.6 Å². The molecule has 0 saturated carbocycles. The van der Waals surface area contributed by atoms with Gasteiger partial charge in [-0.3, -0.25) is 4.79 Å². The highest BCUT2D eigenvalue weighted by Crippen LogP contribution is 2.26. The first-order chi connectivity index (χ1) is 14.4. The molecule has 0 bridgehead atoms. The van der Waals surface area contributed by atoms with Crippen molar-refractivity contribution in [3.63, 3.8) is 0 Å². The average Bonchev–Trinajstić information content (AvgIpc) is 3.29. The second-order valence-electron chi connectivity index (χ2n) is 7.70. The molecule has 2 fully saturated rings. The van der Waals surface area contributed by atoms with Gasteiger partial charge < -0.3 is 10.2 Å². The van der Waals surface area contributed by atoms with E-state index in [4.69, 9.17) is 0 Å². The summed E-state index contributed by atoms with van der Waals surface area (Å²) in [4.78, 5) is 18.9. The van der Waals surface area contributed by atoms with Crippen molar-refractivity contribution in [2.75, 3.05) is 36.4 Å². The Kier molecular flexibility index (Phi) is 6.01. The Bertz CT molecular complexity index is 999. The quantitative estimate of drug-likeness (QED) is 0.786. The van der Waals surface area contributed by atoms with E-state index in [0.29, 0.717) is 18.5 Å². The second kappa shape index (κ2) is 8.69. The van der Waals surface area contributed by atoms with Crippen molar-refractivity contribution in [3.05, 3.63) is 48.4 Å². The second-order valence-corrected chi connectivity index (χ2v) is 9.60. The Labute approximate surface area is 176 Å². The molecule has 9 heteroatoms. The van der Waals surface area contributed by atoms with Crippen LogP contribution in [-0.2, 0) is 14.8 Å². The van der Waals surface area contributed by atoms with Crippen LogP contribution in [-0.4, -0.2) is 49.8 Å². The smallest absolute Gasteiger partial charge is 0.245 e. The first-order valence-corrected chi connectivity index (χ1v) is 11.7. The third-order valence-electron chi connectivity index (χ3n) is 5.72. The predicted octanol–water partition coefficient (Wildman–Crippen LogP) is 2.86. The number of pyridine rings is 1. The van der Waals surface area contributed by atoms with Gasteiger partial charge in [0, 0.05) is 32.1 Å². The molecule has 160 valence electrons. The Hall–Kier alpha value is -2.52. The van der Waals surface area contributed by atoms with Crippen molar-refractivity contribution in [2.24, 2.45) is 5.92 Å². The number of nitrogens with one attached hydrogen (secondary N) is 1. The number of anilines is 2. The Morgan fingerprint density at radius 2 is 1.73 bits per heavy atom. The van der Waals surface area contributed by atoms with Crippen LogP contribution in [0.3, 0.4) is 0 Å². The summed E-state index contributed by atoms with van der Waals surface area (Å²) >= 11 is 0. The predicted molar refractivity (Wildman–Crippen MR) is 112 cm³/mol. The molecule has 2 saturated heterocycles. The number of piperidine rings is 1. The van der Waals surface area contributed by atoms with Gasteiger partial charge in [-0.15, -0.1) is 0 Å². The van der Waals surface area contributed by atoms with Gasteiger partial charge >= 0.3 is 0 Å². The molecule has 0 atom stereocenters. The fourth-order valence-electron chi connectivity index (χ4n) is 3.99. The summed E-state index contributed by atoms with van der Waals surface area (Å²) in [5.74, 6) is -0.289. The maximum Gasteiger partial charge on any atom is 0.245 e. The summed E-state index contributed by atoms with van der Waals surface area (Å²) < 4.78 is 40.6. The number of amides is 1. The van der Waals surface area contributed by atoms with Crippen LogP contribution in [0, 0.1) is 11.7 Å². The normalized spacial score (nSPS) is 18.5. The number of aromatic nitrogens is 1. The minimum atomic E-state index is -3.90. The summed E-state index contributed by atoms with van der Waals surface area (Å²) in [5, 5.41) is 2.88. The highest BCUT2D eigenvalue weighted by molar-refractivity contribution is 7.89. The highest BCUT2D eigenvalue weighted by Gasteiger charge is 2.33. The standard InChI is InChI=1S/C21H25FN4O3S/c22-18-5-1-2-6-19(18)30(28,29)26-13-9-16(10-14-26)21(27)24-17-7-8-20(23-15-17)25-11-3-4-12-25/h1-2,5-8,15-16H,3-4,9-14H2,(H,24,27). The molecule has 2 aromatic rings. The molecular formula is C21H25FN4O3S. The van der Waals surface area contributed by atoms with E-state index in [1.165, 1.54) is 35.3 Å². The van der Waals surface area contributed by atoms with E-state index in [2.05, 4.69) is 15.2 Å². The minimum Gasteiger partial charge on any atom is -0.357 e. The molecule has 0 spiro atoms. The van der Waals surface area contributed by atoms with Crippen molar-refractivity contribution >= 4 is 27.4 Å². The van der Waals surface area contributed by atoms with Crippen LogP contribution in [0.15, 0.2) is 47.5 Å². The molecule has 2 aliphatic rings. The number of sulfonamides is 1. The van der Waals surface area contributed by atoms with Crippen LogP contribution in [0.5, 0.6) is 0 Å². The largest absolute Gasteiger partial charge is 0.357 e. The lowest BCUT2D eigenvalue weighted by Crippen LogP contribution is -2.41. The van der Waals surface area contributed by atoms with Crippen LogP contribution in [0.4, 0.5) is 15.9 Å². The Morgan fingerprint density at radius 3 is 2.37 bits per heavy atom. The summed E-state index contributed by atoms with van der Waals surface area (Å²) in [6.45, 7) is 2.38. The molecule has 1 aromatic heterocycles. The summed E-state index contributed by atoms with van der Waals surface area (Å²) in [5.41, 5.74) is 0.629. The lowest BCUT2D eigenvalue weighted by Gasteiger charge is -2.30. The number of rotatable bonds is 5. The maximum absolute atomic E-state index is 13.9. The van der Waals surface area contributed by atoms with E-state index in [1.54, 1.807) is 6.20 Å². The number of hydrogen-bond acceptors (Lipinski definition) is 5. The average molecular weight is 433 g/mol. The van der Waals surface area contributed by atoms with E-state index in [1.807, 2.05) is 12.1 Å². The van der Waals surface area contributed by atoms with E-state index in [9.17, 15) is 17.6 Å². The van der Waals surface area contributed by atoms with Gasteiger partial charge in [-0.05, 0) is 49.9 Å². The molecule has 0 radical (unpaired) electrons. The van der Waals surface area contributed by atoms with E-state index < -0.39 is 15.8 Å². The Morgan fingerprint density at radius 1 is 1.03 bits per heavy atom. The van der Waals surface area contributed by atoms with Gasteiger partial charge in [-0.25, -0.2) is 17.8 Å². The fraction of sp³-hybridized carbons (Fsp3) is 0.429. The van der Waals surface area contributed by atoms with Crippen molar-refractivity contribution in [1.29, 1.82) is 0 Å². The summed E-state index contributed by atoms with van der Waals surface area (Å²) in [7, 11) is -3.90. The van der Waals surface area contributed by atoms with Gasteiger partial charge in [0.1, 0.15) is 16.5 Å². The first-order valence-electron chi connectivity index (χ1n) is 10.2. The lowest BCUT2D eigenvalue weighted by molar-refractivity contribution is -0.120. The van der Waals surface area contributed by atoms with Crippen LogP contribution >= 0.6 is 0 Å². The topological polar surface area (TPSA) is 82.6 Å². The highest BCUT2D eigenvalue weighted by atomic mass is 32.2. The van der Waals surface area contributed by atoms with Gasteiger partial charge in [0.25, 0.3) is 0 Å². The van der Waals surface area contributed by atoms with Gasteiger partial charge in [0.2, 0.25) is 15.9 Å². The van der Waals surface area contributed by atoms with Crippen molar-refractivity contribution in [1.82, 2.24) is 9.29 Å². The molecule has 0 aliphatic carbocycles. The zero-order valence-corrected chi connectivity index (χ0v) is 17.4. The number of halogens is 1. The van der Waals surface area contributed by atoms with Gasteiger partial charge in [0.15, 0.2) is 0 Å². The first kappa shape index (κ1) is 20.7. The number of carbonyl (C=O) groups is 1. The lowest BCUT2D eigenvalue weighted by atomic mass is 9.97. The fourth-order valence-corrected chi connectivity index (χ4v) is 5.52. The van der Waals surface area contributed by atoms with Crippen molar-refractivity contribution in [2.45, 2.75) is 30.6 Å². The summed E-state index contributed by atoms with van der Waals surface area (Å²) in [6, 6.07) is 9.11. The number of benzene rings is 1. The maximum atomic E-state index is 13.9. The minimum absolute atomic E-state index is 0.145. The van der Waals surface area contributed by atoms with Crippen molar-refractivity contribution in [3.8, 4) is 0 Å². The van der Waals surface area contributed by atoms with Crippen LogP contribution in [0.1, 0.15) is 25.7 Å².